The molecule has 2 atom stereocenters. The van der Waals surface area contributed by atoms with Gasteiger partial charge in [-0.1, -0.05) is 36.0 Å². The summed E-state index contributed by atoms with van der Waals surface area (Å²) in [6, 6.07) is 4.88. The predicted molar refractivity (Wildman–Crippen MR) is 79.7 cm³/mol. The van der Waals surface area contributed by atoms with E-state index in [4.69, 9.17) is 28.9 Å². The fourth-order valence-electron chi connectivity index (χ4n) is 2.59. The minimum Gasteiger partial charge on any atom is -0.369 e. The summed E-state index contributed by atoms with van der Waals surface area (Å²) in [5.41, 5.74) is 5.94. The number of halogens is 2. The van der Waals surface area contributed by atoms with Gasteiger partial charge in [-0.2, -0.15) is 0 Å². The average Bonchev–Trinajstić information content (AvgIpc) is 2.43. The molecule has 0 bridgehead atoms. The second-order valence-corrected chi connectivity index (χ2v) is 5.83. The number of nitrogens with one attached hydrogen (secondary N) is 1. The monoisotopic (exact) mass is 314 g/mol. The van der Waals surface area contributed by atoms with Gasteiger partial charge in [-0.25, -0.2) is 0 Å². The molecule has 1 aliphatic rings. The maximum atomic E-state index is 12.3. The molecule has 1 aliphatic carbocycles. The summed E-state index contributed by atoms with van der Waals surface area (Å²) in [5.74, 6) is -1.34. The summed E-state index contributed by atoms with van der Waals surface area (Å²) in [6.07, 6.45) is 3.23. The lowest BCUT2D eigenvalue weighted by Crippen LogP contribution is -2.39. The van der Waals surface area contributed by atoms with E-state index in [1.807, 2.05) is 0 Å². The van der Waals surface area contributed by atoms with Crippen molar-refractivity contribution >= 4 is 40.7 Å². The van der Waals surface area contributed by atoms with Gasteiger partial charge in [0.15, 0.2) is 0 Å². The molecule has 1 aromatic carbocycles. The Morgan fingerprint density at radius 1 is 1.10 bits per heavy atom. The number of carbonyl (C=O) groups is 2. The molecule has 3 N–H and O–H groups in total. The van der Waals surface area contributed by atoms with Crippen LogP contribution in [0.4, 0.5) is 5.69 Å². The molecular weight excluding hydrogens is 299 g/mol. The quantitative estimate of drug-likeness (QED) is 0.899. The predicted octanol–water partition coefficient (Wildman–Crippen LogP) is 3.22. The largest absolute Gasteiger partial charge is 0.369 e. The van der Waals surface area contributed by atoms with Gasteiger partial charge >= 0.3 is 0 Å². The molecule has 2 unspecified atom stereocenters. The number of primary amides is 1. The highest BCUT2D eigenvalue weighted by molar-refractivity contribution is 6.42. The zero-order valence-electron chi connectivity index (χ0n) is 10.9. The standard InChI is InChI=1S/C14H16Cl2N2O2/c15-11-6-5-8(7-12(11)16)18-14(20)10-4-2-1-3-9(10)13(17)19/h5-7,9-10H,1-4H2,(H2,17,19)(H,18,20). The highest BCUT2D eigenvalue weighted by Gasteiger charge is 2.34. The van der Waals surface area contributed by atoms with Crippen molar-refractivity contribution in [3.8, 4) is 0 Å². The van der Waals surface area contributed by atoms with E-state index in [1.54, 1.807) is 18.2 Å². The number of nitrogens with two attached hydrogens (primary N) is 1. The smallest absolute Gasteiger partial charge is 0.228 e. The third kappa shape index (κ3) is 3.44. The van der Waals surface area contributed by atoms with Crippen molar-refractivity contribution in [1.82, 2.24) is 0 Å². The first-order chi connectivity index (χ1) is 9.49. The third-order valence-electron chi connectivity index (χ3n) is 3.66. The molecule has 6 heteroatoms. The van der Waals surface area contributed by atoms with Crippen LogP contribution in [-0.4, -0.2) is 11.8 Å². The fourth-order valence-corrected chi connectivity index (χ4v) is 2.89. The van der Waals surface area contributed by atoms with Crippen LogP contribution in [0.15, 0.2) is 18.2 Å². The van der Waals surface area contributed by atoms with Gasteiger partial charge in [0.25, 0.3) is 0 Å². The van der Waals surface area contributed by atoms with Crippen LogP contribution in [0.5, 0.6) is 0 Å². The Hall–Kier alpha value is -1.26. The Bertz CT molecular complexity index is 534. The fraction of sp³-hybridized carbons (Fsp3) is 0.429. The topological polar surface area (TPSA) is 72.2 Å². The van der Waals surface area contributed by atoms with Crippen molar-refractivity contribution in [3.63, 3.8) is 0 Å². The van der Waals surface area contributed by atoms with E-state index < -0.39 is 5.91 Å². The summed E-state index contributed by atoms with van der Waals surface area (Å²) in [4.78, 5) is 23.7. The van der Waals surface area contributed by atoms with Gasteiger partial charge in [0.05, 0.1) is 10.0 Å². The lowest BCUT2D eigenvalue weighted by atomic mass is 9.78. The van der Waals surface area contributed by atoms with Gasteiger partial charge < -0.3 is 11.1 Å². The number of hydrogen-bond acceptors (Lipinski definition) is 2. The summed E-state index contributed by atoms with van der Waals surface area (Å²) in [7, 11) is 0. The zero-order valence-corrected chi connectivity index (χ0v) is 12.4. The molecule has 0 saturated heterocycles. The van der Waals surface area contributed by atoms with Crippen LogP contribution in [0.25, 0.3) is 0 Å². The Balaban J connectivity index is 2.09. The van der Waals surface area contributed by atoms with Crippen molar-refractivity contribution in [1.29, 1.82) is 0 Å². The Kier molecular flexibility index (Phi) is 4.89. The second kappa shape index (κ2) is 6.46. The summed E-state index contributed by atoms with van der Waals surface area (Å²) in [6.45, 7) is 0. The van der Waals surface area contributed by atoms with Gasteiger partial charge in [-0.05, 0) is 31.0 Å². The minimum atomic E-state index is -0.404. The maximum Gasteiger partial charge on any atom is 0.228 e. The van der Waals surface area contributed by atoms with Crippen LogP contribution >= 0.6 is 23.2 Å². The lowest BCUT2D eigenvalue weighted by Gasteiger charge is -2.28. The van der Waals surface area contributed by atoms with E-state index >= 15 is 0 Å². The molecule has 2 rings (SSSR count). The van der Waals surface area contributed by atoms with Crippen LogP contribution in [0.2, 0.25) is 10.0 Å². The van der Waals surface area contributed by atoms with E-state index in [2.05, 4.69) is 5.32 Å². The van der Waals surface area contributed by atoms with Gasteiger partial charge in [0.2, 0.25) is 11.8 Å². The molecule has 108 valence electrons. The highest BCUT2D eigenvalue weighted by atomic mass is 35.5. The van der Waals surface area contributed by atoms with E-state index in [-0.39, 0.29) is 17.7 Å². The van der Waals surface area contributed by atoms with Crippen LogP contribution in [0.1, 0.15) is 25.7 Å². The molecule has 0 spiro atoms. The van der Waals surface area contributed by atoms with E-state index in [0.29, 0.717) is 28.6 Å². The van der Waals surface area contributed by atoms with Crippen LogP contribution in [0.3, 0.4) is 0 Å². The van der Waals surface area contributed by atoms with Gasteiger partial charge in [-0.3, -0.25) is 9.59 Å². The van der Waals surface area contributed by atoms with Crippen molar-refractivity contribution in [2.24, 2.45) is 17.6 Å². The molecule has 1 aromatic rings. The highest BCUT2D eigenvalue weighted by Crippen LogP contribution is 2.31. The molecule has 0 aliphatic heterocycles. The lowest BCUT2D eigenvalue weighted by molar-refractivity contribution is -0.131. The van der Waals surface area contributed by atoms with E-state index in [0.717, 1.165) is 12.8 Å². The Morgan fingerprint density at radius 3 is 2.35 bits per heavy atom. The number of benzene rings is 1. The van der Waals surface area contributed by atoms with E-state index in [9.17, 15) is 9.59 Å². The summed E-state index contributed by atoms with van der Waals surface area (Å²) >= 11 is 11.7. The molecule has 1 saturated carbocycles. The van der Waals surface area contributed by atoms with Gasteiger partial charge in [0.1, 0.15) is 0 Å². The van der Waals surface area contributed by atoms with Crippen molar-refractivity contribution in [2.45, 2.75) is 25.7 Å². The molecule has 4 nitrogen and oxygen atoms in total. The molecular formula is C14H16Cl2N2O2. The summed E-state index contributed by atoms with van der Waals surface area (Å²) in [5, 5.41) is 3.58. The number of anilines is 1. The number of rotatable bonds is 3. The molecule has 0 aromatic heterocycles. The average molecular weight is 315 g/mol. The minimum absolute atomic E-state index is 0.188. The first-order valence-electron chi connectivity index (χ1n) is 6.54. The van der Waals surface area contributed by atoms with Gasteiger partial charge in [-0.15, -0.1) is 0 Å². The first kappa shape index (κ1) is 15.1. The van der Waals surface area contributed by atoms with E-state index in [1.165, 1.54) is 0 Å². The molecule has 20 heavy (non-hydrogen) atoms. The zero-order chi connectivity index (χ0) is 14.7. The molecule has 0 radical (unpaired) electrons. The van der Waals surface area contributed by atoms with Gasteiger partial charge in [0, 0.05) is 17.5 Å². The van der Waals surface area contributed by atoms with Crippen LogP contribution in [0, 0.1) is 11.8 Å². The first-order valence-corrected chi connectivity index (χ1v) is 7.30. The SMILES string of the molecule is NC(=O)C1CCCCC1C(=O)Nc1ccc(Cl)c(Cl)c1. The molecule has 1 fully saturated rings. The number of carbonyl (C=O) groups excluding carboxylic acids is 2. The molecule has 0 heterocycles. The number of amides is 2. The number of hydrogen-bond donors (Lipinski definition) is 2. The maximum absolute atomic E-state index is 12.3. The van der Waals surface area contributed by atoms with Crippen molar-refractivity contribution in [3.05, 3.63) is 28.2 Å². The van der Waals surface area contributed by atoms with Crippen LogP contribution in [-0.2, 0) is 9.59 Å². The third-order valence-corrected chi connectivity index (χ3v) is 4.39. The van der Waals surface area contributed by atoms with Crippen molar-refractivity contribution < 1.29 is 9.59 Å². The van der Waals surface area contributed by atoms with Crippen LogP contribution < -0.4 is 11.1 Å². The normalized spacial score (nSPS) is 22.3. The molecule has 2 amide bonds. The second-order valence-electron chi connectivity index (χ2n) is 5.02. The Labute approximate surface area is 127 Å². The van der Waals surface area contributed by atoms with Crippen molar-refractivity contribution in [2.75, 3.05) is 5.32 Å². The Morgan fingerprint density at radius 2 is 1.75 bits per heavy atom. The summed E-state index contributed by atoms with van der Waals surface area (Å²) < 4.78 is 0.